The zero-order chi connectivity index (χ0) is 21.8. The Kier molecular flexibility index (Phi) is 11.2. The van der Waals surface area contributed by atoms with E-state index < -0.39 is 0 Å². The minimum absolute atomic E-state index is 0.00722. The second-order valence-corrected chi connectivity index (χ2v) is 8.67. The van der Waals surface area contributed by atoms with E-state index in [1.54, 1.807) is 0 Å². The molecule has 1 aliphatic heterocycles. The summed E-state index contributed by atoms with van der Waals surface area (Å²) in [4.78, 5) is 14.7. The van der Waals surface area contributed by atoms with Crippen LogP contribution in [-0.2, 0) is 0 Å². The van der Waals surface area contributed by atoms with Gasteiger partial charge in [-0.2, -0.15) is 0 Å². The second-order valence-electron chi connectivity index (χ2n) is 8.67. The maximum atomic E-state index is 6.43. The van der Waals surface area contributed by atoms with Crippen LogP contribution in [0.1, 0.15) is 102 Å². The fourth-order valence-electron chi connectivity index (χ4n) is 4.44. The van der Waals surface area contributed by atoms with Crippen molar-refractivity contribution in [2.24, 2.45) is 10.7 Å². The van der Waals surface area contributed by atoms with Crippen LogP contribution in [0.25, 0.3) is 0 Å². The van der Waals surface area contributed by atoms with Crippen LogP contribution in [0.15, 0.2) is 24.0 Å². The molecule has 0 radical (unpaired) electrons. The number of nitrogens with two attached hydrogens (primary N) is 1. The number of rotatable bonds is 8. The molecule has 6 nitrogen and oxygen atoms in total. The summed E-state index contributed by atoms with van der Waals surface area (Å²) in [5, 5.41) is 3.58. The zero-order valence-corrected chi connectivity index (χ0v) is 19.4. The van der Waals surface area contributed by atoms with Crippen molar-refractivity contribution in [3.05, 3.63) is 30.5 Å². The summed E-state index contributed by atoms with van der Waals surface area (Å²) >= 11 is 0. The fraction of sp³-hybridized carbons (Fsp3) is 0.750. The van der Waals surface area contributed by atoms with Gasteiger partial charge in [-0.3, -0.25) is 4.99 Å². The van der Waals surface area contributed by atoms with Crippen LogP contribution in [0.5, 0.6) is 0 Å². The van der Waals surface area contributed by atoms with E-state index in [9.17, 15) is 0 Å². The molecule has 4 N–H and O–H groups in total. The van der Waals surface area contributed by atoms with Gasteiger partial charge in [0.1, 0.15) is 5.82 Å². The molecule has 1 saturated heterocycles. The van der Waals surface area contributed by atoms with Crippen LogP contribution < -0.4 is 11.1 Å². The highest BCUT2D eigenvalue weighted by Gasteiger charge is 2.27. The molecule has 0 amide bonds. The molecular weight excluding hydrogens is 372 g/mol. The number of aliphatic imine (C=N–C) groups is 1. The van der Waals surface area contributed by atoms with Gasteiger partial charge in [-0.05, 0) is 64.6 Å². The smallest absolute Gasteiger partial charge is 0.123 e. The minimum Gasteiger partial charge on any atom is -0.344 e. The average Bonchev–Trinajstić information content (AvgIpc) is 3.27. The third-order valence-corrected chi connectivity index (χ3v) is 6.08. The van der Waals surface area contributed by atoms with E-state index in [1.165, 1.54) is 31.4 Å². The first-order valence-corrected chi connectivity index (χ1v) is 12.1. The summed E-state index contributed by atoms with van der Waals surface area (Å²) in [5.41, 5.74) is 7.68. The van der Waals surface area contributed by atoms with Crippen LogP contribution in [0.2, 0.25) is 0 Å². The molecular formula is C24H44N6. The molecule has 3 rings (SSSR count). The van der Waals surface area contributed by atoms with Gasteiger partial charge in [-0.15, -0.1) is 0 Å². The third kappa shape index (κ3) is 7.55. The number of hydrogen-bond donors (Lipinski definition) is 3. The van der Waals surface area contributed by atoms with Gasteiger partial charge in [-0.25, -0.2) is 4.98 Å². The lowest BCUT2D eigenvalue weighted by Crippen LogP contribution is -2.36. The molecule has 0 bridgehead atoms. The molecule has 1 saturated carbocycles. The van der Waals surface area contributed by atoms with Crippen LogP contribution >= 0.6 is 0 Å². The van der Waals surface area contributed by atoms with Gasteiger partial charge in [0.15, 0.2) is 0 Å². The van der Waals surface area contributed by atoms with Gasteiger partial charge in [0.2, 0.25) is 0 Å². The Bertz CT molecular complexity index is 611. The van der Waals surface area contributed by atoms with Gasteiger partial charge >= 0.3 is 0 Å². The predicted octanol–water partition coefficient (Wildman–Crippen LogP) is 4.88. The number of H-pyrrole nitrogens is 1. The molecule has 6 heteroatoms. The number of aromatic amines is 1. The lowest BCUT2D eigenvalue weighted by atomic mass is 9.84. The normalized spacial score (nSPS) is 25.4. The topological polar surface area (TPSA) is 82.3 Å². The molecule has 30 heavy (non-hydrogen) atoms. The second kappa shape index (κ2) is 13.6. The van der Waals surface area contributed by atoms with Crippen molar-refractivity contribution in [2.75, 3.05) is 13.1 Å². The van der Waals surface area contributed by atoms with E-state index in [2.05, 4.69) is 52.5 Å². The Morgan fingerprint density at radius 2 is 1.97 bits per heavy atom. The zero-order valence-electron chi connectivity index (χ0n) is 19.4. The summed E-state index contributed by atoms with van der Waals surface area (Å²) < 4.78 is 0. The van der Waals surface area contributed by atoms with Crippen molar-refractivity contribution in [1.82, 2.24) is 20.2 Å². The number of nitrogens with one attached hydrogen (secondary N) is 2. The van der Waals surface area contributed by atoms with E-state index in [0.717, 1.165) is 51.0 Å². The number of aromatic nitrogens is 2. The quantitative estimate of drug-likeness (QED) is 0.417. The first-order valence-electron chi connectivity index (χ1n) is 12.1. The predicted molar refractivity (Wildman–Crippen MR) is 128 cm³/mol. The highest BCUT2D eigenvalue weighted by atomic mass is 15.2. The molecule has 1 aromatic heterocycles. The van der Waals surface area contributed by atoms with Crippen molar-refractivity contribution in [1.29, 1.82) is 0 Å². The van der Waals surface area contributed by atoms with Crippen molar-refractivity contribution in [3.63, 3.8) is 0 Å². The maximum Gasteiger partial charge on any atom is 0.123 e. The molecule has 0 aromatic carbocycles. The summed E-state index contributed by atoms with van der Waals surface area (Å²) in [6.45, 7) is 12.2. The van der Waals surface area contributed by atoms with Gasteiger partial charge in [0.25, 0.3) is 0 Å². The molecule has 0 spiro atoms. The molecule has 1 aromatic rings. The van der Waals surface area contributed by atoms with Crippen molar-refractivity contribution >= 4 is 6.34 Å². The summed E-state index contributed by atoms with van der Waals surface area (Å²) in [5.74, 6) is 1.50. The van der Waals surface area contributed by atoms with E-state index in [1.807, 2.05) is 18.7 Å². The Balaban J connectivity index is 0.00000101. The molecule has 2 heterocycles. The van der Waals surface area contributed by atoms with Crippen molar-refractivity contribution in [3.8, 4) is 0 Å². The van der Waals surface area contributed by atoms with Crippen LogP contribution in [0.3, 0.4) is 0 Å². The Morgan fingerprint density at radius 1 is 1.23 bits per heavy atom. The largest absolute Gasteiger partial charge is 0.344 e. The minimum atomic E-state index is -0.00722. The van der Waals surface area contributed by atoms with E-state index in [0.29, 0.717) is 18.0 Å². The number of nitrogens with zero attached hydrogens (tertiary/aromatic N) is 3. The summed E-state index contributed by atoms with van der Waals surface area (Å²) in [7, 11) is 0. The monoisotopic (exact) mass is 416 g/mol. The molecule has 2 aliphatic rings. The number of imidazole rings is 1. The standard InChI is InChI=1S/C21H36N6.C3H8/c1-3-23-15-27(4-2)18-10-8-16(9-11-18)20-14-25-21(26-20)19(22)13-17-7-5-6-12-24-17;1-3-2/h4,14-19,24H,2-3,5-13,22H2,1H3,(H,25,26);3H2,1-2H3/t16?,17?,18?,19-;/m0./s1. The molecule has 170 valence electrons. The fourth-order valence-corrected chi connectivity index (χ4v) is 4.44. The van der Waals surface area contributed by atoms with Crippen LogP contribution in [0.4, 0.5) is 0 Å². The molecule has 2 atom stereocenters. The average molecular weight is 417 g/mol. The Morgan fingerprint density at radius 3 is 2.57 bits per heavy atom. The Hall–Kier alpha value is -1.66. The van der Waals surface area contributed by atoms with E-state index >= 15 is 0 Å². The lowest BCUT2D eigenvalue weighted by Gasteiger charge is -2.33. The van der Waals surface area contributed by atoms with Gasteiger partial charge < -0.3 is 20.9 Å². The highest BCUT2D eigenvalue weighted by molar-refractivity contribution is 5.57. The molecule has 1 unspecified atom stereocenters. The Labute approximate surface area is 183 Å². The van der Waals surface area contributed by atoms with Crippen molar-refractivity contribution in [2.45, 2.75) is 103 Å². The number of piperidine rings is 1. The first kappa shape index (κ1) is 24.6. The maximum absolute atomic E-state index is 6.43. The van der Waals surface area contributed by atoms with Crippen molar-refractivity contribution < 1.29 is 0 Å². The SMILES string of the molecule is C=CN(C=NCC)C1CCC(c2cnc([C@@H](N)CC3CCCCN3)[nH]2)CC1.CCC. The first-order chi connectivity index (χ1) is 14.6. The van der Waals surface area contributed by atoms with Crippen LogP contribution in [0, 0.1) is 0 Å². The van der Waals surface area contributed by atoms with Gasteiger partial charge in [0, 0.05) is 36.4 Å². The van der Waals surface area contributed by atoms with E-state index in [4.69, 9.17) is 5.73 Å². The van der Waals surface area contributed by atoms with Crippen LogP contribution in [-0.4, -0.2) is 46.4 Å². The molecule has 1 aliphatic carbocycles. The van der Waals surface area contributed by atoms with Gasteiger partial charge in [-0.1, -0.05) is 33.3 Å². The summed E-state index contributed by atoms with van der Waals surface area (Å²) in [6, 6.07) is 1.04. The van der Waals surface area contributed by atoms with E-state index in [-0.39, 0.29) is 6.04 Å². The summed E-state index contributed by atoms with van der Waals surface area (Å²) in [6.07, 6.45) is 16.5. The molecule has 2 fully saturated rings. The lowest BCUT2D eigenvalue weighted by molar-refractivity contribution is 0.282. The highest BCUT2D eigenvalue weighted by Crippen LogP contribution is 2.34. The third-order valence-electron chi connectivity index (χ3n) is 6.08. The number of hydrogen-bond acceptors (Lipinski definition) is 4. The van der Waals surface area contributed by atoms with Gasteiger partial charge in [0.05, 0.1) is 12.4 Å².